The molecular weight excluding hydrogens is 174 g/mol. The molecule has 2 N–H and O–H groups in total. The van der Waals surface area contributed by atoms with Crippen molar-refractivity contribution in [2.24, 2.45) is 5.73 Å². The molecule has 0 saturated carbocycles. The van der Waals surface area contributed by atoms with Gasteiger partial charge in [-0.3, -0.25) is 0 Å². The number of halogens is 1. The fraction of sp³-hybridized carbons (Fsp3) is 0.875. The fourth-order valence-corrected chi connectivity index (χ4v) is 0.741. The van der Waals surface area contributed by atoms with Crippen molar-refractivity contribution in [1.29, 1.82) is 0 Å². The Balaban J connectivity index is 0. The summed E-state index contributed by atoms with van der Waals surface area (Å²) >= 11 is 0. The molecule has 0 amide bonds. The second-order valence-electron chi connectivity index (χ2n) is 2.68. The second kappa shape index (κ2) is 8.72. The fourth-order valence-electron chi connectivity index (χ4n) is 0.741. The Bertz CT molecular complexity index is 171. The summed E-state index contributed by atoms with van der Waals surface area (Å²) in [6, 6.07) is 3.18. The van der Waals surface area contributed by atoms with E-state index in [0.29, 0.717) is 0 Å². The van der Waals surface area contributed by atoms with Crippen molar-refractivity contribution in [3.8, 4) is 0 Å². The molecule has 0 aromatic heterocycles. The average molecular weight is 194 g/mol. The van der Waals surface area contributed by atoms with Crippen LogP contribution in [0, 0.1) is 0 Å². The van der Waals surface area contributed by atoms with Crippen LogP contribution in [-0.4, -0.2) is 48.9 Å². The van der Waals surface area contributed by atoms with Crippen molar-refractivity contribution in [3.63, 3.8) is 0 Å². The van der Waals surface area contributed by atoms with Gasteiger partial charge in [0.15, 0.2) is 13.1 Å². The summed E-state index contributed by atoms with van der Waals surface area (Å²) in [6.45, 7) is 4.83. The van der Waals surface area contributed by atoms with Gasteiger partial charge in [0.25, 0.3) is 0 Å². The summed E-state index contributed by atoms with van der Waals surface area (Å²) in [4.78, 5) is 0. The van der Waals surface area contributed by atoms with Crippen LogP contribution in [-0.2, 0) is 0 Å². The molecule has 3 nitrogen and oxygen atoms in total. The van der Waals surface area contributed by atoms with Gasteiger partial charge in [0.2, 0.25) is 0 Å². The van der Waals surface area contributed by atoms with Gasteiger partial charge in [-0.15, -0.1) is 21.6 Å². The Morgan fingerprint density at radius 3 is 2.25 bits per heavy atom. The molecule has 0 spiro atoms. The van der Waals surface area contributed by atoms with E-state index in [9.17, 15) is 0 Å². The molecule has 0 unspecified atom stereocenters. The van der Waals surface area contributed by atoms with Crippen LogP contribution in [0.4, 0.5) is 0 Å². The van der Waals surface area contributed by atoms with Crippen LogP contribution in [0.3, 0.4) is 0 Å². The first-order valence-corrected chi connectivity index (χ1v) is 4.09. The van der Waals surface area contributed by atoms with E-state index in [0.717, 1.165) is 26.1 Å². The third kappa shape index (κ3) is 7.73. The first-order chi connectivity index (χ1) is 5.20. The van der Waals surface area contributed by atoms with Crippen molar-refractivity contribution in [1.82, 2.24) is 0 Å². The maximum absolute atomic E-state index is 5.37. The van der Waals surface area contributed by atoms with E-state index in [1.54, 1.807) is 0 Å². The van der Waals surface area contributed by atoms with Gasteiger partial charge >= 0.3 is 6.01 Å². The van der Waals surface area contributed by atoms with Gasteiger partial charge in [-0.1, -0.05) is 0 Å². The van der Waals surface area contributed by atoms with Crippen molar-refractivity contribution >= 4 is 18.4 Å². The normalized spacial score (nSPS) is 8.33. The molecule has 4 heteroatoms. The molecule has 0 aliphatic rings. The SMILES string of the molecule is CC[N+](C)=C=[N+](C)CCCN.Cl. The zero-order valence-corrected chi connectivity index (χ0v) is 9.02. The Kier molecular flexibility index (Phi) is 10.3. The molecule has 0 heterocycles. The third-order valence-electron chi connectivity index (χ3n) is 1.51. The highest BCUT2D eigenvalue weighted by Crippen LogP contribution is 1.73. The molecule has 0 fully saturated rings. The van der Waals surface area contributed by atoms with Crippen molar-refractivity contribution < 1.29 is 9.15 Å². The number of rotatable bonds is 4. The zero-order chi connectivity index (χ0) is 8.69. The maximum Gasteiger partial charge on any atom is 0.476 e. The topological polar surface area (TPSA) is 32.0 Å². The average Bonchev–Trinajstić information content (AvgIpc) is 2.00. The zero-order valence-electron chi connectivity index (χ0n) is 8.21. The molecule has 0 radical (unpaired) electrons. The van der Waals surface area contributed by atoms with Crippen LogP contribution in [0.15, 0.2) is 0 Å². The molecule has 0 saturated heterocycles. The van der Waals surface area contributed by atoms with E-state index in [4.69, 9.17) is 5.73 Å². The summed E-state index contributed by atoms with van der Waals surface area (Å²) < 4.78 is 4.06. The molecule has 72 valence electrons. The van der Waals surface area contributed by atoms with Crippen LogP contribution >= 0.6 is 12.4 Å². The third-order valence-corrected chi connectivity index (χ3v) is 1.51. The van der Waals surface area contributed by atoms with Crippen LogP contribution in [0.1, 0.15) is 13.3 Å². The van der Waals surface area contributed by atoms with Crippen molar-refractivity contribution in [2.45, 2.75) is 13.3 Å². The highest BCUT2D eigenvalue weighted by molar-refractivity contribution is 5.85. The predicted molar refractivity (Wildman–Crippen MR) is 53.7 cm³/mol. The van der Waals surface area contributed by atoms with E-state index in [-0.39, 0.29) is 12.4 Å². The summed E-state index contributed by atoms with van der Waals surface area (Å²) in [5.74, 6) is 0. The Morgan fingerprint density at radius 1 is 1.25 bits per heavy atom. The smallest absolute Gasteiger partial charge is 0.330 e. The summed E-state index contributed by atoms with van der Waals surface area (Å²) in [5, 5.41) is 0. The molecular formula is C8H20ClN3+2. The van der Waals surface area contributed by atoms with Crippen LogP contribution < -0.4 is 5.73 Å². The second-order valence-corrected chi connectivity index (χ2v) is 2.68. The van der Waals surface area contributed by atoms with Crippen LogP contribution in [0.25, 0.3) is 0 Å². The van der Waals surface area contributed by atoms with Gasteiger partial charge in [0.05, 0.1) is 0 Å². The molecule has 0 atom stereocenters. The molecule has 0 aliphatic heterocycles. The summed E-state index contributed by atoms with van der Waals surface area (Å²) in [5.41, 5.74) is 5.37. The lowest BCUT2D eigenvalue weighted by Crippen LogP contribution is -2.15. The van der Waals surface area contributed by atoms with E-state index in [2.05, 4.69) is 12.9 Å². The van der Waals surface area contributed by atoms with Crippen molar-refractivity contribution in [2.75, 3.05) is 33.7 Å². The predicted octanol–water partition coefficient (Wildman–Crippen LogP) is 0.235. The van der Waals surface area contributed by atoms with E-state index >= 15 is 0 Å². The van der Waals surface area contributed by atoms with Gasteiger partial charge in [-0.2, -0.15) is 0 Å². The molecule has 0 bridgehead atoms. The van der Waals surface area contributed by atoms with Gasteiger partial charge in [0.1, 0.15) is 14.1 Å². The van der Waals surface area contributed by atoms with Crippen molar-refractivity contribution in [3.05, 3.63) is 0 Å². The minimum absolute atomic E-state index is 0. The molecule has 0 aliphatic carbocycles. The van der Waals surface area contributed by atoms with Gasteiger partial charge < -0.3 is 5.73 Å². The first kappa shape index (κ1) is 14.2. The minimum Gasteiger partial charge on any atom is -0.330 e. The Morgan fingerprint density at radius 2 is 1.83 bits per heavy atom. The van der Waals surface area contributed by atoms with Crippen LogP contribution in [0.2, 0.25) is 0 Å². The largest absolute Gasteiger partial charge is 0.476 e. The molecule has 12 heavy (non-hydrogen) atoms. The maximum atomic E-state index is 5.37. The molecule has 0 aromatic rings. The summed E-state index contributed by atoms with van der Waals surface area (Å²) in [7, 11) is 4.03. The van der Waals surface area contributed by atoms with Gasteiger partial charge in [-0.25, -0.2) is 0 Å². The Labute approximate surface area is 81.0 Å². The lowest BCUT2D eigenvalue weighted by Gasteiger charge is -1.87. The lowest BCUT2D eigenvalue weighted by atomic mass is 10.4. The quantitative estimate of drug-likeness (QED) is 0.504. The van der Waals surface area contributed by atoms with Crippen LogP contribution in [0.5, 0.6) is 0 Å². The molecule has 0 aromatic carbocycles. The Hall–Kier alpha value is -0.370. The lowest BCUT2D eigenvalue weighted by molar-refractivity contribution is -0.558. The van der Waals surface area contributed by atoms with Gasteiger partial charge in [0, 0.05) is 6.42 Å². The first-order valence-electron chi connectivity index (χ1n) is 4.09. The number of nitrogens with zero attached hydrogens (tertiary/aromatic N) is 2. The minimum atomic E-state index is 0. The number of nitrogens with two attached hydrogens (primary N) is 1. The highest BCUT2D eigenvalue weighted by atomic mass is 35.5. The summed E-state index contributed by atoms with van der Waals surface area (Å²) in [6.07, 6.45) is 1.03. The van der Waals surface area contributed by atoms with E-state index in [1.807, 2.05) is 23.2 Å². The standard InChI is InChI=1S/C8H19N3.ClH/c1-4-10(2)8-11(3)7-5-6-9;/h4-7,9H2,1-3H3;1H/q+2;. The monoisotopic (exact) mass is 193 g/mol. The number of hydrogen-bond donors (Lipinski definition) is 1. The van der Waals surface area contributed by atoms with Gasteiger partial charge in [-0.05, 0) is 13.5 Å². The highest BCUT2D eigenvalue weighted by Gasteiger charge is 1.97. The van der Waals surface area contributed by atoms with E-state index < -0.39 is 0 Å². The number of hydrogen-bond acceptors (Lipinski definition) is 1. The molecule has 0 rings (SSSR count). The van der Waals surface area contributed by atoms with E-state index in [1.165, 1.54) is 0 Å².